The number of hydrogen-bond donors (Lipinski definition) is 0. The van der Waals surface area contributed by atoms with Crippen LogP contribution in [-0.4, -0.2) is 12.4 Å². The number of benzene rings is 2. The molecule has 118 valence electrons. The number of allylic oxidation sites excluding steroid dienone is 1. The summed E-state index contributed by atoms with van der Waals surface area (Å²) < 4.78 is 13.8. The van der Waals surface area contributed by atoms with Crippen molar-refractivity contribution in [1.29, 1.82) is 0 Å². The van der Waals surface area contributed by atoms with Crippen molar-refractivity contribution in [3.8, 4) is 0 Å². The van der Waals surface area contributed by atoms with E-state index in [0.717, 1.165) is 18.4 Å². The third kappa shape index (κ3) is 5.29. The Hall–Kier alpha value is -2.55. The SMILES string of the molecule is C=CCc1ccc(C=NN=Cc2ccc(CCC)cc2)cc1F. The lowest BCUT2D eigenvalue weighted by atomic mass is 10.1. The summed E-state index contributed by atoms with van der Waals surface area (Å²) in [5.74, 6) is -0.246. The van der Waals surface area contributed by atoms with Crippen molar-refractivity contribution < 1.29 is 4.39 Å². The minimum absolute atomic E-state index is 0.246. The Morgan fingerprint density at radius 1 is 1.00 bits per heavy atom. The highest BCUT2D eigenvalue weighted by Gasteiger charge is 2.00. The van der Waals surface area contributed by atoms with E-state index in [-0.39, 0.29) is 5.82 Å². The van der Waals surface area contributed by atoms with Crippen LogP contribution in [0.3, 0.4) is 0 Å². The Morgan fingerprint density at radius 2 is 1.65 bits per heavy atom. The van der Waals surface area contributed by atoms with Gasteiger partial charge in [-0.2, -0.15) is 10.2 Å². The number of halogens is 1. The summed E-state index contributed by atoms with van der Waals surface area (Å²) >= 11 is 0. The topological polar surface area (TPSA) is 24.7 Å². The lowest BCUT2D eigenvalue weighted by Gasteiger charge is -2.00. The van der Waals surface area contributed by atoms with Crippen LogP contribution in [0.1, 0.15) is 35.6 Å². The molecular weight excluding hydrogens is 287 g/mol. The lowest BCUT2D eigenvalue weighted by Crippen LogP contribution is -1.91. The van der Waals surface area contributed by atoms with E-state index in [1.165, 1.54) is 11.6 Å². The Morgan fingerprint density at radius 3 is 2.26 bits per heavy atom. The van der Waals surface area contributed by atoms with Crippen LogP contribution < -0.4 is 0 Å². The second-order valence-electron chi connectivity index (χ2n) is 5.32. The van der Waals surface area contributed by atoms with Crippen LogP contribution in [0.2, 0.25) is 0 Å². The van der Waals surface area contributed by atoms with Gasteiger partial charge in [0.1, 0.15) is 5.82 Å². The zero-order valence-electron chi connectivity index (χ0n) is 13.4. The first-order valence-corrected chi connectivity index (χ1v) is 7.77. The second-order valence-corrected chi connectivity index (χ2v) is 5.32. The van der Waals surface area contributed by atoms with Gasteiger partial charge in [-0.25, -0.2) is 4.39 Å². The predicted octanol–water partition coefficient (Wildman–Crippen LogP) is 4.96. The molecule has 0 heterocycles. The van der Waals surface area contributed by atoms with E-state index in [0.29, 0.717) is 17.5 Å². The predicted molar refractivity (Wildman–Crippen MR) is 95.9 cm³/mol. The number of nitrogens with zero attached hydrogens (tertiary/aromatic N) is 2. The molecule has 0 aliphatic heterocycles. The average molecular weight is 308 g/mol. The molecule has 0 aliphatic carbocycles. The average Bonchev–Trinajstić information content (AvgIpc) is 2.56. The molecule has 2 nitrogen and oxygen atoms in total. The Bertz CT molecular complexity index is 700. The van der Waals surface area contributed by atoms with E-state index in [1.807, 2.05) is 18.2 Å². The van der Waals surface area contributed by atoms with Crippen molar-refractivity contribution in [3.05, 3.63) is 83.2 Å². The summed E-state index contributed by atoms with van der Waals surface area (Å²) in [5, 5.41) is 7.98. The van der Waals surface area contributed by atoms with Gasteiger partial charge >= 0.3 is 0 Å². The maximum atomic E-state index is 13.8. The highest BCUT2D eigenvalue weighted by atomic mass is 19.1. The zero-order valence-corrected chi connectivity index (χ0v) is 13.4. The van der Waals surface area contributed by atoms with Crippen LogP contribution in [0, 0.1) is 5.82 Å². The fraction of sp³-hybridized carbons (Fsp3) is 0.200. The third-order valence-electron chi connectivity index (χ3n) is 3.44. The minimum Gasteiger partial charge on any atom is -0.207 e. The maximum Gasteiger partial charge on any atom is 0.127 e. The monoisotopic (exact) mass is 308 g/mol. The van der Waals surface area contributed by atoms with Crippen molar-refractivity contribution in [2.24, 2.45) is 10.2 Å². The van der Waals surface area contributed by atoms with E-state index < -0.39 is 0 Å². The van der Waals surface area contributed by atoms with E-state index in [1.54, 1.807) is 24.6 Å². The quantitative estimate of drug-likeness (QED) is 0.392. The molecule has 0 fully saturated rings. The molecule has 0 saturated carbocycles. The first kappa shape index (κ1) is 16.8. The summed E-state index contributed by atoms with van der Waals surface area (Å²) in [6, 6.07) is 13.3. The van der Waals surface area contributed by atoms with Gasteiger partial charge in [0, 0.05) is 0 Å². The van der Waals surface area contributed by atoms with Gasteiger partial charge in [0.25, 0.3) is 0 Å². The molecule has 0 aromatic heterocycles. The molecule has 0 aliphatic rings. The second kappa shape index (κ2) is 8.79. The highest BCUT2D eigenvalue weighted by molar-refractivity contribution is 5.82. The Kier molecular flexibility index (Phi) is 6.42. The molecular formula is C20H21FN2. The van der Waals surface area contributed by atoms with Crippen LogP contribution in [0.15, 0.2) is 65.3 Å². The number of hydrogen-bond acceptors (Lipinski definition) is 2. The summed E-state index contributed by atoms with van der Waals surface area (Å²) in [7, 11) is 0. The van der Waals surface area contributed by atoms with Gasteiger partial charge in [-0.3, -0.25) is 0 Å². The number of rotatable bonds is 7. The summed E-state index contributed by atoms with van der Waals surface area (Å²) in [6.07, 6.45) is 7.66. The first-order chi connectivity index (χ1) is 11.2. The van der Waals surface area contributed by atoms with Crippen molar-refractivity contribution in [3.63, 3.8) is 0 Å². The Labute approximate surface area is 137 Å². The largest absolute Gasteiger partial charge is 0.207 e. The Balaban J connectivity index is 1.97. The minimum atomic E-state index is -0.246. The van der Waals surface area contributed by atoms with Crippen molar-refractivity contribution >= 4 is 12.4 Å². The van der Waals surface area contributed by atoms with Crippen LogP contribution in [0.25, 0.3) is 0 Å². The van der Waals surface area contributed by atoms with Gasteiger partial charge in [-0.15, -0.1) is 6.58 Å². The van der Waals surface area contributed by atoms with Gasteiger partial charge in [0.05, 0.1) is 12.4 Å². The summed E-state index contributed by atoms with van der Waals surface area (Å²) in [6.45, 7) is 5.78. The molecule has 2 aromatic rings. The molecule has 3 heteroatoms. The highest BCUT2D eigenvalue weighted by Crippen LogP contribution is 2.10. The molecule has 0 unspecified atom stereocenters. The smallest absolute Gasteiger partial charge is 0.127 e. The molecule has 0 bridgehead atoms. The van der Waals surface area contributed by atoms with Gasteiger partial charge in [0.15, 0.2) is 0 Å². The van der Waals surface area contributed by atoms with Crippen molar-refractivity contribution in [2.75, 3.05) is 0 Å². The van der Waals surface area contributed by atoms with Gasteiger partial charge in [-0.1, -0.05) is 55.8 Å². The van der Waals surface area contributed by atoms with E-state index in [4.69, 9.17) is 0 Å². The van der Waals surface area contributed by atoms with Crippen molar-refractivity contribution in [2.45, 2.75) is 26.2 Å². The first-order valence-electron chi connectivity index (χ1n) is 7.77. The maximum absolute atomic E-state index is 13.8. The normalized spacial score (nSPS) is 11.4. The fourth-order valence-electron chi connectivity index (χ4n) is 2.22. The van der Waals surface area contributed by atoms with Gasteiger partial charge in [0.2, 0.25) is 0 Å². The number of aryl methyl sites for hydroxylation is 1. The standard InChI is InChI=1S/C20H21FN2/c1-3-5-16-7-9-17(10-8-16)14-22-23-15-18-11-12-19(6-4-2)20(21)13-18/h4,7-15H,2-3,5-6H2,1H3. The fourth-order valence-corrected chi connectivity index (χ4v) is 2.22. The van der Waals surface area contributed by atoms with Crippen LogP contribution in [0.5, 0.6) is 0 Å². The molecule has 0 radical (unpaired) electrons. The molecule has 0 amide bonds. The van der Waals surface area contributed by atoms with Crippen LogP contribution in [-0.2, 0) is 12.8 Å². The molecule has 0 spiro atoms. The van der Waals surface area contributed by atoms with Gasteiger partial charge < -0.3 is 0 Å². The van der Waals surface area contributed by atoms with E-state index >= 15 is 0 Å². The molecule has 0 saturated heterocycles. The molecule has 0 atom stereocenters. The molecule has 2 aromatic carbocycles. The molecule has 0 N–H and O–H groups in total. The zero-order chi connectivity index (χ0) is 16.5. The molecule has 2 rings (SSSR count). The van der Waals surface area contributed by atoms with Crippen LogP contribution in [0.4, 0.5) is 4.39 Å². The summed E-state index contributed by atoms with van der Waals surface area (Å²) in [5.41, 5.74) is 3.64. The van der Waals surface area contributed by atoms with Crippen LogP contribution >= 0.6 is 0 Å². The molecule has 23 heavy (non-hydrogen) atoms. The lowest BCUT2D eigenvalue weighted by molar-refractivity contribution is 0.614. The summed E-state index contributed by atoms with van der Waals surface area (Å²) in [4.78, 5) is 0. The van der Waals surface area contributed by atoms with E-state index in [9.17, 15) is 4.39 Å². The van der Waals surface area contributed by atoms with Crippen molar-refractivity contribution in [1.82, 2.24) is 0 Å². The third-order valence-corrected chi connectivity index (χ3v) is 3.44. The van der Waals surface area contributed by atoms with Gasteiger partial charge in [-0.05, 0) is 41.2 Å². The van der Waals surface area contributed by atoms with E-state index in [2.05, 4.69) is 35.8 Å².